The first-order valence-corrected chi connectivity index (χ1v) is 11.8. The Hall–Kier alpha value is -2.57. The average Bonchev–Trinajstić information content (AvgIpc) is 2.78. The molecule has 0 bridgehead atoms. The maximum Gasteiger partial charge on any atom is 0.254 e. The third kappa shape index (κ3) is 5.02. The van der Waals surface area contributed by atoms with Crippen molar-refractivity contribution in [2.24, 2.45) is 5.73 Å². The van der Waals surface area contributed by atoms with Gasteiger partial charge in [-0.15, -0.1) is 12.4 Å². The van der Waals surface area contributed by atoms with Crippen LogP contribution in [0.4, 0.5) is 0 Å². The van der Waals surface area contributed by atoms with Gasteiger partial charge >= 0.3 is 0 Å². The molecule has 3 aliphatic rings. The number of halogens is 1. The first-order valence-electron chi connectivity index (χ1n) is 11.8. The van der Waals surface area contributed by atoms with Gasteiger partial charge in [0.1, 0.15) is 12.4 Å². The van der Waals surface area contributed by atoms with Crippen LogP contribution in [0.1, 0.15) is 63.9 Å². The lowest BCUT2D eigenvalue weighted by Gasteiger charge is -2.45. The summed E-state index contributed by atoms with van der Waals surface area (Å²) in [6.45, 7) is 3.44. The van der Waals surface area contributed by atoms with Crippen molar-refractivity contribution >= 4 is 24.2 Å². The molecular weight excluding hydrogens is 438 g/mol. The minimum Gasteiger partial charge on any atom is -0.489 e. The van der Waals surface area contributed by atoms with Crippen LogP contribution in [0.15, 0.2) is 42.5 Å². The molecule has 0 aromatic heterocycles. The number of rotatable bonds is 6. The van der Waals surface area contributed by atoms with Crippen LogP contribution >= 0.6 is 12.4 Å². The first kappa shape index (κ1) is 23.6. The molecule has 7 heteroatoms. The summed E-state index contributed by atoms with van der Waals surface area (Å²) in [7, 11) is 0. The van der Waals surface area contributed by atoms with Gasteiger partial charge in [0.15, 0.2) is 0 Å². The van der Waals surface area contributed by atoms with Gasteiger partial charge in [-0.3, -0.25) is 9.59 Å². The highest BCUT2D eigenvalue weighted by atomic mass is 35.5. The minimum atomic E-state index is -0.435. The van der Waals surface area contributed by atoms with E-state index < -0.39 is 5.91 Å². The normalized spacial score (nSPS) is 19.4. The molecule has 0 unspecified atom stereocenters. The summed E-state index contributed by atoms with van der Waals surface area (Å²) < 4.78 is 5.94. The van der Waals surface area contributed by atoms with Gasteiger partial charge < -0.3 is 20.3 Å². The number of primary amides is 1. The fourth-order valence-electron chi connectivity index (χ4n) is 5.17. The number of hydrogen-bond acceptors (Lipinski definition) is 4. The molecule has 1 saturated heterocycles. The molecule has 176 valence electrons. The van der Waals surface area contributed by atoms with Gasteiger partial charge in [0.2, 0.25) is 5.91 Å². The molecule has 1 saturated carbocycles. The standard InChI is InChI=1S/C26H31N3O3.ClH/c27-25(30)19-6-4-18(5-7-19)17-32-23-8-9-24-20(16-23)10-15-29(26(24)31)22-11-13-28(14-12-22)21-2-1-3-21;/h4-9,16,21-22H,1-3,10-15,17H2,(H2,27,30);1H. The van der Waals surface area contributed by atoms with E-state index in [1.807, 2.05) is 30.3 Å². The van der Waals surface area contributed by atoms with E-state index in [1.165, 1.54) is 19.3 Å². The van der Waals surface area contributed by atoms with Crippen molar-refractivity contribution in [3.63, 3.8) is 0 Å². The number of likely N-dealkylation sites (tertiary alicyclic amines) is 1. The van der Waals surface area contributed by atoms with Crippen LogP contribution in [0.5, 0.6) is 5.75 Å². The first-order chi connectivity index (χ1) is 15.6. The van der Waals surface area contributed by atoms with Crippen molar-refractivity contribution in [2.45, 2.75) is 57.2 Å². The van der Waals surface area contributed by atoms with E-state index in [2.05, 4.69) is 9.80 Å². The molecule has 2 aromatic carbocycles. The maximum absolute atomic E-state index is 13.2. The van der Waals surface area contributed by atoms with Crippen molar-refractivity contribution in [1.29, 1.82) is 0 Å². The number of benzene rings is 2. The van der Waals surface area contributed by atoms with Gasteiger partial charge in [-0.1, -0.05) is 18.6 Å². The van der Waals surface area contributed by atoms with E-state index in [0.717, 1.165) is 67.4 Å². The second-order valence-electron chi connectivity index (χ2n) is 9.27. The summed E-state index contributed by atoms with van der Waals surface area (Å²) in [4.78, 5) is 29.1. The molecule has 33 heavy (non-hydrogen) atoms. The number of carbonyl (C=O) groups is 2. The monoisotopic (exact) mass is 469 g/mol. The zero-order chi connectivity index (χ0) is 22.1. The summed E-state index contributed by atoms with van der Waals surface area (Å²) >= 11 is 0. The Labute approximate surface area is 201 Å². The van der Waals surface area contributed by atoms with Crippen LogP contribution in [-0.4, -0.2) is 53.3 Å². The van der Waals surface area contributed by atoms with Crippen molar-refractivity contribution in [1.82, 2.24) is 9.80 Å². The van der Waals surface area contributed by atoms with E-state index in [-0.39, 0.29) is 18.3 Å². The Morgan fingerprint density at radius 3 is 2.33 bits per heavy atom. The number of fused-ring (bicyclic) bond motifs is 1. The highest BCUT2D eigenvalue weighted by molar-refractivity contribution is 5.97. The van der Waals surface area contributed by atoms with Gasteiger partial charge in [0.05, 0.1) is 0 Å². The smallest absolute Gasteiger partial charge is 0.254 e. The topological polar surface area (TPSA) is 75.9 Å². The second kappa shape index (κ2) is 10.1. The summed E-state index contributed by atoms with van der Waals surface area (Å²) in [6, 6.07) is 14.1. The summed E-state index contributed by atoms with van der Waals surface area (Å²) in [5.74, 6) is 0.495. The van der Waals surface area contributed by atoms with Gasteiger partial charge in [-0.2, -0.15) is 0 Å². The van der Waals surface area contributed by atoms with Crippen LogP contribution < -0.4 is 10.5 Å². The van der Waals surface area contributed by atoms with E-state index in [1.54, 1.807) is 12.1 Å². The van der Waals surface area contributed by atoms with Crippen molar-refractivity contribution < 1.29 is 14.3 Å². The third-order valence-corrected chi connectivity index (χ3v) is 7.36. The zero-order valence-electron chi connectivity index (χ0n) is 18.9. The quantitative estimate of drug-likeness (QED) is 0.698. The van der Waals surface area contributed by atoms with Gasteiger partial charge in [-0.25, -0.2) is 0 Å². The Balaban J connectivity index is 0.00000259. The lowest BCUT2D eigenvalue weighted by molar-refractivity contribution is 0.0414. The number of nitrogens with zero attached hydrogens (tertiary/aromatic N) is 2. The third-order valence-electron chi connectivity index (χ3n) is 7.36. The number of carbonyl (C=O) groups excluding carboxylic acids is 2. The van der Waals surface area contributed by atoms with E-state index in [9.17, 15) is 9.59 Å². The number of ether oxygens (including phenoxy) is 1. The predicted octanol–water partition coefficient (Wildman–Crippen LogP) is 3.80. The van der Waals surface area contributed by atoms with E-state index in [0.29, 0.717) is 18.2 Å². The zero-order valence-corrected chi connectivity index (χ0v) is 19.7. The summed E-state index contributed by atoms with van der Waals surface area (Å²) in [6.07, 6.45) is 7.13. The van der Waals surface area contributed by atoms with Gasteiger partial charge in [0.25, 0.3) is 5.91 Å². The minimum absolute atomic E-state index is 0. The molecule has 2 heterocycles. The van der Waals surface area contributed by atoms with Gasteiger partial charge in [-0.05, 0) is 73.6 Å². The van der Waals surface area contributed by atoms with Crippen molar-refractivity contribution in [3.05, 3.63) is 64.7 Å². The Kier molecular flexibility index (Phi) is 7.25. The number of nitrogens with two attached hydrogens (primary N) is 1. The number of hydrogen-bond donors (Lipinski definition) is 1. The Bertz CT molecular complexity index is 998. The molecule has 2 amide bonds. The van der Waals surface area contributed by atoms with Crippen molar-refractivity contribution in [2.75, 3.05) is 19.6 Å². The number of amides is 2. The van der Waals surface area contributed by atoms with Crippen LogP contribution in [0.2, 0.25) is 0 Å². The molecule has 0 atom stereocenters. The molecule has 2 aromatic rings. The maximum atomic E-state index is 13.2. The molecule has 0 radical (unpaired) electrons. The second-order valence-corrected chi connectivity index (χ2v) is 9.27. The summed E-state index contributed by atoms with van der Waals surface area (Å²) in [5.41, 5.74) is 8.62. The van der Waals surface area contributed by atoms with Crippen LogP contribution in [0.25, 0.3) is 0 Å². The highest BCUT2D eigenvalue weighted by Gasteiger charge is 2.34. The van der Waals surface area contributed by atoms with E-state index in [4.69, 9.17) is 10.5 Å². The largest absolute Gasteiger partial charge is 0.489 e. The molecule has 0 spiro atoms. The molecule has 2 aliphatic heterocycles. The van der Waals surface area contributed by atoms with Crippen molar-refractivity contribution in [3.8, 4) is 5.75 Å². The average molecular weight is 470 g/mol. The summed E-state index contributed by atoms with van der Waals surface area (Å²) in [5, 5.41) is 0. The molecule has 6 nitrogen and oxygen atoms in total. The fraction of sp³-hybridized carbons (Fsp3) is 0.462. The lowest BCUT2D eigenvalue weighted by Crippen LogP contribution is -2.52. The number of piperidine rings is 1. The Morgan fingerprint density at radius 1 is 0.970 bits per heavy atom. The molecular formula is C26H32ClN3O3. The van der Waals surface area contributed by atoms with Crippen LogP contribution in [0, 0.1) is 0 Å². The lowest BCUT2D eigenvalue weighted by atomic mass is 9.88. The van der Waals surface area contributed by atoms with E-state index >= 15 is 0 Å². The fourth-order valence-corrected chi connectivity index (χ4v) is 5.17. The predicted molar refractivity (Wildman–Crippen MR) is 130 cm³/mol. The SMILES string of the molecule is Cl.NC(=O)c1ccc(COc2ccc3c(c2)CCN(C2CCN(C4CCC4)CC2)C3=O)cc1. The highest BCUT2D eigenvalue weighted by Crippen LogP contribution is 2.31. The van der Waals surface area contributed by atoms with Crippen LogP contribution in [0.3, 0.4) is 0 Å². The molecule has 1 aliphatic carbocycles. The molecule has 2 fully saturated rings. The Morgan fingerprint density at radius 2 is 1.70 bits per heavy atom. The van der Waals surface area contributed by atoms with Crippen LogP contribution in [-0.2, 0) is 13.0 Å². The van der Waals surface area contributed by atoms with Gasteiger partial charge in [0, 0.05) is 42.8 Å². The molecule has 5 rings (SSSR count). The molecule has 2 N–H and O–H groups in total.